The van der Waals surface area contributed by atoms with Crippen molar-refractivity contribution in [2.24, 2.45) is 0 Å². The van der Waals surface area contributed by atoms with E-state index in [0.29, 0.717) is 5.01 Å². The lowest BCUT2D eigenvalue weighted by Gasteiger charge is -1.82. The highest BCUT2D eigenvalue weighted by Crippen LogP contribution is 2.26. The summed E-state index contributed by atoms with van der Waals surface area (Å²) in [6.45, 7) is 0. The maximum atomic E-state index is 10.3. The lowest BCUT2D eigenvalue weighted by atomic mass is 10.7. The predicted molar refractivity (Wildman–Crippen MR) is 46.5 cm³/mol. The minimum absolute atomic E-state index is 0.0471. The normalized spacial score (nSPS) is 10.3. The van der Waals surface area contributed by atoms with Crippen molar-refractivity contribution in [2.45, 2.75) is 0 Å². The molecule has 0 unspecified atom stereocenters. The first-order valence-electron chi connectivity index (χ1n) is 3.36. The van der Waals surface area contributed by atoms with Crippen molar-refractivity contribution < 1.29 is 9.34 Å². The molecular weight excluding hydrogens is 210 g/mol. The van der Waals surface area contributed by atoms with Gasteiger partial charge >= 0.3 is 5.88 Å². The van der Waals surface area contributed by atoms with Gasteiger partial charge in [-0.05, 0) is 0 Å². The molecule has 0 atom stereocenters. The summed E-state index contributed by atoms with van der Waals surface area (Å²) in [5.41, 5.74) is 5.32. The first-order chi connectivity index (χ1) is 6.66. The number of oxazole rings is 1. The number of rotatable bonds is 2. The first-order valence-corrected chi connectivity index (χ1v) is 4.18. The molecule has 9 heteroatoms. The van der Waals surface area contributed by atoms with Crippen LogP contribution in [0.4, 0.5) is 11.0 Å². The molecule has 0 aromatic carbocycles. The zero-order chi connectivity index (χ0) is 10.1. The fourth-order valence-corrected chi connectivity index (χ4v) is 1.31. The Morgan fingerprint density at radius 1 is 1.57 bits per heavy atom. The Labute approximate surface area is 80.5 Å². The average Bonchev–Trinajstić information content (AvgIpc) is 2.70. The molecule has 0 aliphatic rings. The second-order valence-corrected chi connectivity index (χ2v) is 3.22. The highest BCUT2D eigenvalue weighted by molar-refractivity contribution is 7.18. The third-order valence-corrected chi connectivity index (χ3v) is 2.04. The van der Waals surface area contributed by atoms with Gasteiger partial charge in [-0.15, -0.1) is 10.2 Å². The van der Waals surface area contributed by atoms with Crippen LogP contribution in [0.25, 0.3) is 10.9 Å². The molecule has 0 fully saturated rings. The quantitative estimate of drug-likeness (QED) is 0.575. The highest BCUT2D eigenvalue weighted by Gasteiger charge is 2.17. The number of nitrogens with zero attached hydrogens (tertiary/aromatic N) is 4. The van der Waals surface area contributed by atoms with E-state index in [9.17, 15) is 10.1 Å². The van der Waals surface area contributed by atoms with Crippen LogP contribution in [0, 0.1) is 10.1 Å². The van der Waals surface area contributed by atoms with Crippen LogP contribution in [-0.4, -0.2) is 20.1 Å². The van der Waals surface area contributed by atoms with Crippen molar-refractivity contribution in [1.29, 1.82) is 0 Å². The van der Waals surface area contributed by atoms with Crippen molar-refractivity contribution >= 4 is 22.4 Å². The molecule has 72 valence electrons. The average molecular weight is 213 g/mol. The summed E-state index contributed by atoms with van der Waals surface area (Å²) in [5, 5.41) is 18.0. The highest BCUT2D eigenvalue weighted by atomic mass is 32.1. The molecule has 0 radical (unpaired) electrons. The lowest BCUT2D eigenvalue weighted by molar-refractivity contribution is -0.401. The van der Waals surface area contributed by atoms with Gasteiger partial charge < -0.3 is 10.2 Å². The molecular formula is C5H3N5O3S. The molecule has 2 aromatic heterocycles. The van der Waals surface area contributed by atoms with E-state index < -0.39 is 10.8 Å². The van der Waals surface area contributed by atoms with Gasteiger partial charge in [-0.2, -0.15) is 0 Å². The molecule has 8 nitrogen and oxygen atoms in total. The van der Waals surface area contributed by atoms with E-state index in [2.05, 4.69) is 15.2 Å². The van der Waals surface area contributed by atoms with Crippen molar-refractivity contribution in [3.05, 3.63) is 16.3 Å². The Morgan fingerprint density at radius 2 is 2.36 bits per heavy atom. The van der Waals surface area contributed by atoms with Gasteiger partial charge in [0.1, 0.15) is 11.1 Å². The smallest absolute Gasteiger partial charge is 0.378 e. The van der Waals surface area contributed by atoms with Gasteiger partial charge in [0.2, 0.25) is 10.1 Å². The molecule has 0 saturated heterocycles. The molecule has 14 heavy (non-hydrogen) atoms. The van der Waals surface area contributed by atoms with Gasteiger partial charge in [0, 0.05) is 0 Å². The fraction of sp³-hybridized carbons (Fsp3) is 0. The van der Waals surface area contributed by atoms with Crippen molar-refractivity contribution in [3.63, 3.8) is 0 Å². The maximum Gasteiger partial charge on any atom is 0.453 e. The zero-order valence-electron chi connectivity index (χ0n) is 6.58. The van der Waals surface area contributed by atoms with E-state index in [1.54, 1.807) is 0 Å². The van der Waals surface area contributed by atoms with E-state index in [0.717, 1.165) is 17.5 Å². The van der Waals surface area contributed by atoms with Gasteiger partial charge in [-0.1, -0.05) is 11.3 Å². The fourth-order valence-electron chi connectivity index (χ4n) is 0.770. The van der Waals surface area contributed by atoms with Crippen LogP contribution in [0.5, 0.6) is 0 Å². The molecule has 0 aliphatic carbocycles. The lowest BCUT2D eigenvalue weighted by Crippen LogP contribution is -1.82. The van der Waals surface area contributed by atoms with Gasteiger partial charge in [0.15, 0.2) is 0 Å². The van der Waals surface area contributed by atoms with Gasteiger partial charge in [-0.25, -0.2) is 4.98 Å². The van der Waals surface area contributed by atoms with Gasteiger partial charge in [0.25, 0.3) is 5.89 Å². The van der Waals surface area contributed by atoms with Gasteiger partial charge in [0.05, 0.1) is 0 Å². The maximum absolute atomic E-state index is 10.3. The topological polar surface area (TPSA) is 121 Å². The number of hydrogen-bond donors (Lipinski definition) is 1. The zero-order valence-corrected chi connectivity index (χ0v) is 7.39. The van der Waals surface area contributed by atoms with Crippen LogP contribution in [-0.2, 0) is 0 Å². The number of nitrogens with two attached hydrogens (primary N) is 1. The molecule has 2 N–H and O–H groups in total. The Balaban J connectivity index is 2.38. The molecule has 0 aliphatic heterocycles. The number of nitro groups is 1. The van der Waals surface area contributed by atoms with E-state index in [1.165, 1.54) is 0 Å². The third kappa shape index (κ3) is 1.40. The third-order valence-electron chi connectivity index (χ3n) is 1.30. The predicted octanol–water partition coefficient (Wildman–Crippen LogP) is 0.683. The monoisotopic (exact) mass is 213 g/mol. The summed E-state index contributed by atoms with van der Waals surface area (Å²) in [4.78, 5) is 13.3. The number of hydrogen-bond acceptors (Lipinski definition) is 8. The molecule has 2 rings (SSSR count). The first kappa shape index (κ1) is 8.56. The standard InChI is InChI=1S/C5H3N5O3S/c6-5-9-8-4(14-5)3-7-1-2(13-3)10(11)12/h1H,(H2,6,9). The van der Waals surface area contributed by atoms with Crippen molar-refractivity contribution in [3.8, 4) is 10.9 Å². The summed E-state index contributed by atoms with van der Waals surface area (Å²) in [6, 6.07) is 0. The Bertz CT molecular complexity index is 477. The van der Waals surface area contributed by atoms with Crippen LogP contribution in [0.15, 0.2) is 10.6 Å². The van der Waals surface area contributed by atoms with E-state index in [1.807, 2.05) is 0 Å². The molecule has 2 heterocycles. The largest absolute Gasteiger partial charge is 0.453 e. The summed E-state index contributed by atoms with van der Waals surface area (Å²) >= 11 is 1.04. The van der Waals surface area contributed by atoms with Crippen LogP contribution in [0.1, 0.15) is 0 Å². The number of anilines is 1. The van der Waals surface area contributed by atoms with Crippen LogP contribution in [0.3, 0.4) is 0 Å². The Morgan fingerprint density at radius 3 is 2.86 bits per heavy atom. The van der Waals surface area contributed by atoms with Crippen molar-refractivity contribution in [1.82, 2.24) is 15.2 Å². The molecule has 2 aromatic rings. The van der Waals surface area contributed by atoms with Crippen molar-refractivity contribution in [2.75, 3.05) is 5.73 Å². The SMILES string of the molecule is Nc1nnc(-c2ncc([N+](=O)[O-])o2)s1. The Kier molecular flexibility index (Phi) is 1.85. The molecule has 0 amide bonds. The van der Waals surface area contributed by atoms with Crippen LogP contribution < -0.4 is 5.73 Å². The molecule has 0 bridgehead atoms. The number of aromatic nitrogens is 3. The minimum atomic E-state index is -0.680. The number of nitrogen functional groups attached to an aromatic ring is 1. The van der Waals surface area contributed by atoms with Crippen LogP contribution >= 0.6 is 11.3 Å². The summed E-state index contributed by atoms with van der Waals surface area (Å²) in [5.74, 6) is -0.389. The van der Waals surface area contributed by atoms with Gasteiger partial charge in [-0.3, -0.25) is 10.1 Å². The minimum Gasteiger partial charge on any atom is -0.378 e. The summed E-state index contributed by atoms with van der Waals surface area (Å²) in [7, 11) is 0. The van der Waals surface area contributed by atoms with Crippen LogP contribution in [0.2, 0.25) is 0 Å². The van der Waals surface area contributed by atoms with E-state index in [4.69, 9.17) is 10.2 Å². The second kappa shape index (κ2) is 3.03. The Hall–Kier alpha value is -2.03. The molecule has 0 saturated carbocycles. The molecule has 0 spiro atoms. The summed E-state index contributed by atoms with van der Waals surface area (Å²) < 4.78 is 4.79. The van der Waals surface area contributed by atoms with E-state index in [-0.39, 0.29) is 11.0 Å². The second-order valence-electron chi connectivity index (χ2n) is 2.21. The van der Waals surface area contributed by atoms with E-state index >= 15 is 0 Å². The summed E-state index contributed by atoms with van der Waals surface area (Å²) in [6.07, 6.45) is 1.01.